The first kappa shape index (κ1) is 12.8. The van der Waals surface area contributed by atoms with Gasteiger partial charge in [-0.15, -0.1) is 0 Å². The molecule has 1 aromatic heterocycles. The summed E-state index contributed by atoms with van der Waals surface area (Å²) < 4.78 is 1.67. The van der Waals surface area contributed by atoms with E-state index in [1.165, 1.54) is 0 Å². The third-order valence-corrected chi connectivity index (χ3v) is 3.17. The summed E-state index contributed by atoms with van der Waals surface area (Å²) in [5.74, 6) is 0.0197. The molecule has 1 aliphatic heterocycles. The standard InChI is InChI=1S/C13H20N4O/c1-12(17-10-5-6-15-17)13(18)14-7-11-16-8-3-2-4-9-16/h2-3,5-6,10,12H,4,7-9,11H2,1H3,(H,14,18). The second-order valence-corrected chi connectivity index (χ2v) is 4.51. The van der Waals surface area contributed by atoms with E-state index in [1.54, 1.807) is 17.1 Å². The highest BCUT2D eigenvalue weighted by Gasteiger charge is 2.14. The molecule has 0 saturated carbocycles. The molecule has 1 aliphatic rings. The Balaban J connectivity index is 1.70. The molecule has 1 N–H and O–H groups in total. The van der Waals surface area contributed by atoms with Crippen LogP contribution < -0.4 is 5.32 Å². The fourth-order valence-electron chi connectivity index (χ4n) is 2.01. The molecular formula is C13H20N4O. The molecule has 0 fully saturated rings. The molecule has 0 saturated heterocycles. The van der Waals surface area contributed by atoms with Gasteiger partial charge in [-0.2, -0.15) is 5.10 Å². The quantitative estimate of drug-likeness (QED) is 0.785. The molecule has 2 rings (SSSR count). The van der Waals surface area contributed by atoms with E-state index in [1.807, 2.05) is 13.0 Å². The highest BCUT2D eigenvalue weighted by atomic mass is 16.2. The fraction of sp³-hybridized carbons (Fsp3) is 0.538. The molecule has 98 valence electrons. The average molecular weight is 248 g/mol. The molecule has 5 nitrogen and oxygen atoms in total. The Morgan fingerprint density at radius 3 is 3.06 bits per heavy atom. The van der Waals surface area contributed by atoms with Gasteiger partial charge in [0.15, 0.2) is 0 Å². The Morgan fingerprint density at radius 2 is 2.39 bits per heavy atom. The van der Waals surface area contributed by atoms with Crippen LogP contribution in [0.25, 0.3) is 0 Å². The van der Waals surface area contributed by atoms with Crippen LogP contribution in [0, 0.1) is 0 Å². The molecule has 0 spiro atoms. The van der Waals surface area contributed by atoms with Crippen molar-refractivity contribution in [3.05, 3.63) is 30.6 Å². The number of carbonyl (C=O) groups is 1. The van der Waals surface area contributed by atoms with Crippen molar-refractivity contribution in [2.75, 3.05) is 26.2 Å². The fourth-order valence-corrected chi connectivity index (χ4v) is 2.01. The molecule has 18 heavy (non-hydrogen) atoms. The SMILES string of the molecule is CC(C(=O)NCCN1CC=CCC1)n1cccn1. The Labute approximate surface area is 107 Å². The summed E-state index contributed by atoms with van der Waals surface area (Å²) >= 11 is 0. The second-order valence-electron chi connectivity index (χ2n) is 4.51. The first-order valence-electron chi connectivity index (χ1n) is 6.41. The van der Waals surface area contributed by atoms with Crippen molar-refractivity contribution < 1.29 is 4.79 Å². The zero-order valence-electron chi connectivity index (χ0n) is 10.7. The van der Waals surface area contributed by atoms with Gasteiger partial charge < -0.3 is 5.32 Å². The van der Waals surface area contributed by atoms with Crippen LogP contribution in [0.1, 0.15) is 19.4 Å². The molecule has 0 aromatic carbocycles. The Kier molecular flexibility index (Phi) is 4.52. The summed E-state index contributed by atoms with van der Waals surface area (Å²) in [6.45, 7) is 5.53. The van der Waals surface area contributed by atoms with E-state index < -0.39 is 0 Å². The van der Waals surface area contributed by atoms with Crippen molar-refractivity contribution in [3.63, 3.8) is 0 Å². The number of carbonyl (C=O) groups excluding carboxylic acids is 1. The van der Waals surface area contributed by atoms with E-state index in [4.69, 9.17) is 0 Å². The monoisotopic (exact) mass is 248 g/mol. The minimum Gasteiger partial charge on any atom is -0.353 e. The van der Waals surface area contributed by atoms with Gasteiger partial charge in [0, 0.05) is 38.6 Å². The zero-order chi connectivity index (χ0) is 12.8. The normalized spacial score (nSPS) is 17.6. The predicted molar refractivity (Wildman–Crippen MR) is 70.1 cm³/mol. The zero-order valence-corrected chi connectivity index (χ0v) is 10.7. The van der Waals surface area contributed by atoms with Gasteiger partial charge in [0.05, 0.1) is 0 Å². The van der Waals surface area contributed by atoms with Crippen LogP contribution in [0.4, 0.5) is 0 Å². The lowest BCUT2D eigenvalue weighted by atomic mass is 10.2. The molecular weight excluding hydrogens is 228 g/mol. The number of nitrogens with one attached hydrogen (secondary N) is 1. The van der Waals surface area contributed by atoms with Crippen LogP contribution in [0.2, 0.25) is 0 Å². The topological polar surface area (TPSA) is 50.2 Å². The average Bonchev–Trinajstić information content (AvgIpc) is 2.93. The van der Waals surface area contributed by atoms with Crippen molar-refractivity contribution in [1.82, 2.24) is 20.0 Å². The first-order chi connectivity index (χ1) is 8.77. The molecule has 0 aliphatic carbocycles. The molecule has 1 amide bonds. The van der Waals surface area contributed by atoms with E-state index in [9.17, 15) is 4.79 Å². The number of hydrogen-bond donors (Lipinski definition) is 1. The smallest absolute Gasteiger partial charge is 0.244 e. The predicted octanol–water partition coefficient (Wildman–Crippen LogP) is 0.822. The van der Waals surface area contributed by atoms with E-state index in [-0.39, 0.29) is 11.9 Å². The number of rotatable bonds is 5. The minimum atomic E-state index is -0.249. The number of aromatic nitrogens is 2. The molecule has 1 aromatic rings. The second kappa shape index (κ2) is 6.35. The lowest BCUT2D eigenvalue weighted by Crippen LogP contribution is -2.38. The largest absolute Gasteiger partial charge is 0.353 e. The van der Waals surface area contributed by atoms with Crippen LogP contribution in [-0.2, 0) is 4.79 Å². The van der Waals surface area contributed by atoms with E-state index in [2.05, 4.69) is 27.5 Å². The van der Waals surface area contributed by atoms with Crippen LogP contribution in [-0.4, -0.2) is 46.8 Å². The van der Waals surface area contributed by atoms with E-state index >= 15 is 0 Å². The maximum absolute atomic E-state index is 11.9. The lowest BCUT2D eigenvalue weighted by molar-refractivity contribution is -0.124. The van der Waals surface area contributed by atoms with Crippen molar-refractivity contribution in [2.24, 2.45) is 0 Å². The highest BCUT2D eigenvalue weighted by Crippen LogP contribution is 2.03. The summed E-state index contributed by atoms with van der Waals surface area (Å²) in [5, 5.41) is 7.02. The molecule has 0 bridgehead atoms. The van der Waals surface area contributed by atoms with E-state index in [0.717, 1.165) is 26.1 Å². The van der Waals surface area contributed by atoms with Gasteiger partial charge in [0.25, 0.3) is 0 Å². The van der Waals surface area contributed by atoms with Gasteiger partial charge in [0.2, 0.25) is 5.91 Å². The maximum atomic E-state index is 11.9. The number of nitrogens with zero attached hydrogens (tertiary/aromatic N) is 3. The maximum Gasteiger partial charge on any atom is 0.244 e. The number of amides is 1. The van der Waals surface area contributed by atoms with Crippen molar-refractivity contribution in [1.29, 1.82) is 0 Å². The van der Waals surface area contributed by atoms with Gasteiger partial charge in [-0.25, -0.2) is 0 Å². The third kappa shape index (κ3) is 3.43. The molecule has 2 heterocycles. The first-order valence-corrected chi connectivity index (χ1v) is 6.41. The van der Waals surface area contributed by atoms with Crippen molar-refractivity contribution in [3.8, 4) is 0 Å². The minimum absolute atomic E-state index is 0.0197. The lowest BCUT2D eigenvalue weighted by Gasteiger charge is -2.23. The van der Waals surface area contributed by atoms with Crippen molar-refractivity contribution >= 4 is 5.91 Å². The summed E-state index contributed by atoms with van der Waals surface area (Å²) in [5.41, 5.74) is 0. The molecule has 0 radical (unpaired) electrons. The molecule has 5 heteroatoms. The Bertz CT molecular complexity index is 399. The van der Waals surface area contributed by atoms with Gasteiger partial charge in [-0.1, -0.05) is 12.2 Å². The molecule has 1 atom stereocenters. The van der Waals surface area contributed by atoms with Crippen LogP contribution >= 0.6 is 0 Å². The Morgan fingerprint density at radius 1 is 1.50 bits per heavy atom. The summed E-state index contributed by atoms with van der Waals surface area (Å²) in [4.78, 5) is 14.2. The van der Waals surface area contributed by atoms with Gasteiger partial charge in [-0.3, -0.25) is 14.4 Å². The van der Waals surface area contributed by atoms with Gasteiger partial charge in [-0.05, 0) is 19.4 Å². The van der Waals surface area contributed by atoms with Crippen LogP contribution in [0.3, 0.4) is 0 Å². The highest BCUT2D eigenvalue weighted by molar-refractivity contribution is 5.79. The van der Waals surface area contributed by atoms with E-state index in [0.29, 0.717) is 6.54 Å². The van der Waals surface area contributed by atoms with Crippen molar-refractivity contribution in [2.45, 2.75) is 19.4 Å². The van der Waals surface area contributed by atoms with Gasteiger partial charge >= 0.3 is 0 Å². The summed E-state index contributed by atoms with van der Waals surface area (Å²) in [6.07, 6.45) is 8.98. The third-order valence-electron chi connectivity index (χ3n) is 3.17. The molecule has 1 unspecified atom stereocenters. The summed E-state index contributed by atoms with van der Waals surface area (Å²) in [7, 11) is 0. The number of hydrogen-bond acceptors (Lipinski definition) is 3. The summed E-state index contributed by atoms with van der Waals surface area (Å²) in [6, 6.07) is 1.57. The Hall–Kier alpha value is -1.62. The van der Waals surface area contributed by atoms with Gasteiger partial charge in [0.1, 0.15) is 6.04 Å². The van der Waals surface area contributed by atoms with Crippen LogP contribution in [0.15, 0.2) is 30.6 Å². The van der Waals surface area contributed by atoms with Crippen LogP contribution in [0.5, 0.6) is 0 Å².